The van der Waals surface area contributed by atoms with Crippen LogP contribution in [0.1, 0.15) is 43.1 Å². The van der Waals surface area contributed by atoms with Crippen molar-refractivity contribution in [1.82, 2.24) is 9.80 Å². The molecular formula is C24H29FN2O3. The summed E-state index contributed by atoms with van der Waals surface area (Å²) in [5.41, 5.74) is 1.03. The molecule has 0 bridgehead atoms. The highest BCUT2D eigenvalue weighted by molar-refractivity contribution is 5.94. The molecule has 0 aromatic heterocycles. The molecule has 0 spiro atoms. The Morgan fingerprint density at radius 3 is 2.30 bits per heavy atom. The van der Waals surface area contributed by atoms with E-state index >= 15 is 0 Å². The number of nitrogens with zero attached hydrogens (tertiary/aromatic N) is 2. The predicted octanol–water partition coefficient (Wildman–Crippen LogP) is 3.88. The molecule has 0 aliphatic carbocycles. The van der Waals surface area contributed by atoms with Crippen LogP contribution in [-0.2, 0) is 10.2 Å². The fourth-order valence-corrected chi connectivity index (χ4v) is 3.62. The zero-order chi connectivity index (χ0) is 21.7. The van der Waals surface area contributed by atoms with Crippen LogP contribution in [0.5, 0.6) is 5.75 Å². The molecule has 1 heterocycles. The number of para-hydroxylation sites is 1. The van der Waals surface area contributed by atoms with E-state index in [0.29, 0.717) is 38.3 Å². The maximum Gasteiger partial charge on any atom is 0.260 e. The van der Waals surface area contributed by atoms with Crippen molar-refractivity contribution in [2.45, 2.75) is 32.6 Å². The van der Waals surface area contributed by atoms with Crippen LogP contribution in [0.15, 0.2) is 48.5 Å². The van der Waals surface area contributed by atoms with Crippen molar-refractivity contribution in [2.24, 2.45) is 0 Å². The lowest BCUT2D eigenvalue weighted by molar-refractivity contribution is -0.133. The minimum atomic E-state index is -0.523. The largest absolute Gasteiger partial charge is 0.483 e. The lowest BCUT2D eigenvalue weighted by Crippen LogP contribution is -2.39. The van der Waals surface area contributed by atoms with Crippen LogP contribution in [0.4, 0.5) is 4.39 Å². The monoisotopic (exact) mass is 412 g/mol. The third kappa shape index (κ3) is 5.17. The van der Waals surface area contributed by atoms with Crippen LogP contribution < -0.4 is 4.74 Å². The van der Waals surface area contributed by atoms with Gasteiger partial charge in [-0.2, -0.15) is 0 Å². The Morgan fingerprint density at radius 1 is 0.933 bits per heavy atom. The van der Waals surface area contributed by atoms with E-state index in [1.807, 2.05) is 24.3 Å². The molecular weight excluding hydrogens is 383 g/mol. The van der Waals surface area contributed by atoms with Crippen LogP contribution in [0, 0.1) is 5.82 Å². The van der Waals surface area contributed by atoms with Crippen LogP contribution in [-0.4, -0.2) is 54.4 Å². The molecule has 1 fully saturated rings. The molecule has 0 atom stereocenters. The molecule has 160 valence electrons. The van der Waals surface area contributed by atoms with Gasteiger partial charge in [-0.05, 0) is 35.6 Å². The molecule has 2 aromatic carbocycles. The van der Waals surface area contributed by atoms with E-state index in [1.165, 1.54) is 12.1 Å². The average Bonchev–Trinajstić information content (AvgIpc) is 2.98. The first-order valence-electron chi connectivity index (χ1n) is 10.3. The van der Waals surface area contributed by atoms with Gasteiger partial charge in [-0.3, -0.25) is 9.59 Å². The van der Waals surface area contributed by atoms with Crippen molar-refractivity contribution in [3.63, 3.8) is 0 Å². The van der Waals surface area contributed by atoms with Crippen LogP contribution in [0.3, 0.4) is 0 Å². The van der Waals surface area contributed by atoms with Gasteiger partial charge in [0.25, 0.3) is 11.8 Å². The van der Waals surface area contributed by atoms with E-state index in [9.17, 15) is 14.0 Å². The summed E-state index contributed by atoms with van der Waals surface area (Å²) < 4.78 is 19.8. The first-order valence-corrected chi connectivity index (χ1v) is 10.3. The number of carbonyl (C=O) groups excluding carboxylic acids is 2. The maximum absolute atomic E-state index is 14.0. The molecule has 5 nitrogen and oxygen atoms in total. The number of benzene rings is 2. The van der Waals surface area contributed by atoms with Gasteiger partial charge in [-0.15, -0.1) is 0 Å². The Kier molecular flexibility index (Phi) is 6.75. The summed E-state index contributed by atoms with van der Waals surface area (Å²) in [6.45, 7) is 8.08. The van der Waals surface area contributed by atoms with Crippen molar-refractivity contribution in [3.05, 3.63) is 65.5 Å². The molecule has 0 unspecified atom stereocenters. The van der Waals surface area contributed by atoms with Crippen molar-refractivity contribution in [1.29, 1.82) is 0 Å². The summed E-state index contributed by atoms with van der Waals surface area (Å²) in [6.07, 6.45) is 0.643. The normalized spacial score (nSPS) is 14.9. The maximum atomic E-state index is 14.0. The highest BCUT2D eigenvalue weighted by atomic mass is 19.1. The predicted molar refractivity (Wildman–Crippen MR) is 114 cm³/mol. The number of halogens is 1. The Bertz CT molecular complexity index is 907. The molecule has 0 N–H and O–H groups in total. The Labute approximate surface area is 177 Å². The minimum Gasteiger partial charge on any atom is -0.483 e. The van der Waals surface area contributed by atoms with Crippen molar-refractivity contribution in [3.8, 4) is 5.75 Å². The lowest BCUT2D eigenvalue weighted by Gasteiger charge is -2.24. The Morgan fingerprint density at radius 2 is 1.57 bits per heavy atom. The second-order valence-electron chi connectivity index (χ2n) is 8.54. The van der Waals surface area contributed by atoms with Crippen LogP contribution in [0.25, 0.3) is 0 Å². The van der Waals surface area contributed by atoms with Crippen molar-refractivity contribution in [2.75, 3.05) is 32.8 Å². The number of hydrogen-bond donors (Lipinski definition) is 0. The molecule has 1 aliphatic rings. The topological polar surface area (TPSA) is 49.9 Å². The van der Waals surface area contributed by atoms with Gasteiger partial charge >= 0.3 is 0 Å². The third-order valence-corrected chi connectivity index (χ3v) is 5.29. The van der Waals surface area contributed by atoms with E-state index in [4.69, 9.17) is 4.74 Å². The Balaban J connectivity index is 1.59. The highest BCUT2D eigenvalue weighted by Crippen LogP contribution is 2.30. The zero-order valence-corrected chi connectivity index (χ0v) is 17.9. The summed E-state index contributed by atoms with van der Waals surface area (Å²) >= 11 is 0. The van der Waals surface area contributed by atoms with Crippen molar-refractivity contribution < 1.29 is 18.7 Å². The van der Waals surface area contributed by atoms with E-state index in [0.717, 1.165) is 5.56 Å². The van der Waals surface area contributed by atoms with Gasteiger partial charge < -0.3 is 14.5 Å². The molecule has 0 radical (unpaired) electrons. The minimum absolute atomic E-state index is 0.0473. The fourth-order valence-electron chi connectivity index (χ4n) is 3.62. The number of carbonyl (C=O) groups is 2. The first kappa shape index (κ1) is 21.8. The summed E-state index contributed by atoms with van der Waals surface area (Å²) in [5, 5.41) is 0. The second-order valence-corrected chi connectivity index (χ2v) is 8.54. The number of hydrogen-bond acceptors (Lipinski definition) is 3. The lowest BCUT2D eigenvalue weighted by atomic mass is 9.86. The average molecular weight is 413 g/mol. The summed E-state index contributed by atoms with van der Waals surface area (Å²) in [7, 11) is 0. The SMILES string of the molecule is CC(C)(C)c1ccccc1OCC(=O)N1CCCN(C(=O)c2ccccc2F)CC1. The van der Waals surface area contributed by atoms with E-state index in [1.54, 1.807) is 21.9 Å². The molecule has 1 aliphatic heterocycles. The van der Waals surface area contributed by atoms with Gasteiger partial charge in [-0.25, -0.2) is 4.39 Å². The van der Waals surface area contributed by atoms with Gasteiger partial charge in [0.1, 0.15) is 11.6 Å². The molecule has 6 heteroatoms. The van der Waals surface area contributed by atoms with Gasteiger partial charge in [0, 0.05) is 26.2 Å². The summed E-state index contributed by atoms with van der Waals surface area (Å²) in [6, 6.07) is 13.7. The summed E-state index contributed by atoms with van der Waals surface area (Å²) in [5.74, 6) is -0.258. The smallest absolute Gasteiger partial charge is 0.260 e. The number of rotatable bonds is 4. The molecule has 0 saturated carbocycles. The fraction of sp³-hybridized carbons (Fsp3) is 0.417. The van der Waals surface area contributed by atoms with Gasteiger partial charge in [0.2, 0.25) is 0 Å². The van der Waals surface area contributed by atoms with Crippen LogP contribution in [0.2, 0.25) is 0 Å². The first-order chi connectivity index (χ1) is 14.3. The van der Waals surface area contributed by atoms with Crippen LogP contribution >= 0.6 is 0 Å². The van der Waals surface area contributed by atoms with Gasteiger partial charge in [0.05, 0.1) is 5.56 Å². The van der Waals surface area contributed by atoms with Crippen molar-refractivity contribution >= 4 is 11.8 Å². The molecule has 2 amide bonds. The molecule has 2 aromatic rings. The van der Waals surface area contributed by atoms with Gasteiger partial charge in [-0.1, -0.05) is 51.1 Å². The number of amides is 2. The highest BCUT2D eigenvalue weighted by Gasteiger charge is 2.25. The molecule has 1 saturated heterocycles. The zero-order valence-electron chi connectivity index (χ0n) is 17.9. The van der Waals surface area contributed by atoms with Gasteiger partial charge in [0.15, 0.2) is 6.61 Å². The van der Waals surface area contributed by atoms with E-state index in [2.05, 4.69) is 20.8 Å². The number of ether oxygens (including phenoxy) is 1. The molecule has 3 rings (SSSR count). The summed E-state index contributed by atoms with van der Waals surface area (Å²) in [4.78, 5) is 28.7. The third-order valence-electron chi connectivity index (χ3n) is 5.29. The standard InChI is InChI=1S/C24H29FN2O3/c1-24(2,3)19-10-5-7-12-21(19)30-17-22(28)26-13-8-14-27(16-15-26)23(29)18-9-4-6-11-20(18)25/h4-7,9-12H,8,13-17H2,1-3H3. The molecule has 30 heavy (non-hydrogen) atoms. The van der Waals surface area contributed by atoms with E-state index in [-0.39, 0.29) is 29.4 Å². The quantitative estimate of drug-likeness (QED) is 0.766. The Hall–Kier alpha value is -2.89. The van der Waals surface area contributed by atoms with E-state index < -0.39 is 5.82 Å². The second kappa shape index (κ2) is 9.28.